The SMILES string of the molecule is CCN(CC)CCN(C)Cc1ccc(N)cc1. The van der Waals surface area contributed by atoms with Gasteiger partial charge in [0.05, 0.1) is 0 Å². The van der Waals surface area contributed by atoms with Crippen LogP contribution in [0, 0.1) is 0 Å². The highest BCUT2D eigenvalue weighted by Gasteiger charge is 2.03. The maximum absolute atomic E-state index is 5.67. The van der Waals surface area contributed by atoms with Crippen LogP contribution in [0.1, 0.15) is 19.4 Å². The third kappa shape index (κ3) is 5.20. The molecule has 3 heteroatoms. The van der Waals surface area contributed by atoms with Crippen LogP contribution >= 0.6 is 0 Å². The smallest absolute Gasteiger partial charge is 0.0314 e. The number of hydrogen-bond donors (Lipinski definition) is 1. The molecular weight excluding hydrogens is 210 g/mol. The van der Waals surface area contributed by atoms with Crippen molar-refractivity contribution in [2.75, 3.05) is 39.0 Å². The van der Waals surface area contributed by atoms with Crippen LogP contribution in [0.5, 0.6) is 0 Å². The largest absolute Gasteiger partial charge is 0.399 e. The van der Waals surface area contributed by atoms with Gasteiger partial charge in [-0.15, -0.1) is 0 Å². The van der Waals surface area contributed by atoms with Crippen molar-refractivity contribution in [2.45, 2.75) is 20.4 Å². The molecule has 0 heterocycles. The maximum Gasteiger partial charge on any atom is 0.0314 e. The van der Waals surface area contributed by atoms with E-state index < -0.39 is 0 Å². The normalized spacial score (nSPS) is 11.4. The van der Waals surface area contributed by atoms with E-state index in [1.807, 2.05) is 12.1 Å². The summed E-state index contributed by atoms with van der Waals surface area (Å²) in [5.74, 6) is 0. The molecule has 1 aromatic rings. The van der Waals surface area contributed by atoms with Gasteiger partial charge in [0.25, 0.3) is 0 Å². The van der Waals surface area contributed by atoms with Gasteiger partial charge in [-0.25, -0.2) is 0 Å². The van der Waals surface area contributed by atoms with E-state index in [1.54, 1.807) is 0 Å². The van der Waals surface area contributed by atoms with Crippen molar-refractivity contribution in [2.24, 2.45) is 0 Å². The maximum atomic E-state index is 5.67. The Hall–Kier alpha value is -1.06. The molecule has 0 aliphatic heterocycles. The number of nitrogen functional groups attached to an aromatic ring is 1. The molecule has 0 fully saturated rings. The van der Waals surface area contributed by atoms with E-state index in [9.17, 15) is 0 Å². The second kappa shape index (κ2) is 7.30. The van der Waals surface area contributed by atoms with E-state index in [-0.39, 0.29) is 0 Å². The van der Waals surface area contributed by atoms with Crippen LogP contribution in [0.25, 0.3) is 0 Å². The first-order valence-electron chi connectivity index (χ1n) is 6.41. The van der Waals surface area contributed by atoms with Gasteiger partial charge in [-0.3, -0.25) is 0 Å². The van der Waals surface area contributed by atoms with Crippen molar-refractivity contribution in [3.63, 3.8) is 0 Å². The lowest BCUT2D eigenvalue weighted by molar-refractivity contribution is 0.236. The number of hydrogen-bond acceptors (Lipinski definition) is 3. The summed E-state index contributed by atoms with van der Waals surface area (Å²) in [7, 11) is 2.17. The van der Waals surface area contributed by atoms with E-state index in [0.717, 1.165) is 38.4 Å². The second-order valence-electron chi connectivity index (χ2n) is 4.51. The van der Waals surface area contributed by atoms with Crippen LogP contribution in [0.3, 0.4) is 0 Å². The Morgan fingerprint density at radius 2 is 1.59 bits per heavy atom. The van der Waals surface area contributed by atoms with Gasteiger partial charge in [-0.2, -0.15) is 0 Å². The fourth-order valence-corrected chi connectivity index (χ4v) is 1.87. The number of nitrogens with zero attached hydrogens (tertiary/aromatic N) is 2. The highest BCUT2D eigenvalue weighted by Crippen LogP contribution is 2.07. The Morgan fingerprint density at radius 1 is 1.00 bits per heavy atom. The number of likely N-dealkylation sites (N-methyl/N-ethyl adjacent to an activating group) is 2. The first kappa shape index (κ1) is 14.0. The summed E-state index contributed by atoms with van der Waals surface area (Å²) < 4.78 is 0. The summed E-state index contributed by atoms with van der Waals surface area (Å²) in [6.45, 7) is 9.91. The first-order chi connectivity index (χ1) is 8.15. The zero-order valence-electron chi connectivity index (χ0n) is 11.3. The average Bonchev–Trinajstić information content (AvgIpc) is 2.33. The van der Waals surface area contributed by atoms with Crippen LogP contribution in [-0.4, -0.2) is 43.0 Å². The molecule has 0 saturated carbocycles. The molecule has 0 aromatic heterocycles. The number of nitrogens with two attached hydrogens (primary N) is 1. The minimum Gasteiger partial charge on any atom is -0.399 e. The predicted octanol–water partition coefficient (Wildman–Crippen LogP) is 2.04. The summed E-state index contributed by atoms with van der Waals surface area (Å²) in [5, 5.41) is 0. The summed E-state index contributed by atoms with van der Waals surface area (Å²) in [6.07, 6.45) is 0. The molecule has 0 aliphatic rings. The number of anilines is 1. The Balaban J connectivity index is 2.34. The molecule has 3 nitrogen and oxygen atoms in total. The molecule has 17 heavy (non-hydrogen) atoms. The van der Waals surface area contributed by atoms with Crippen LogP contribution in [0.2, 0.25) is 0 Å². The van der Waals surface area contributed by atoms with E-state index in [1.165, 1.54) is 5.56 Å². The van der Waals surface area contributed by atoms with Gasteiger partial charge in [0.15, 0.2) is 0 Å². The number of rotatable bonds is 7. The Labute approximate surface area is 105 Å². The highest BCUT2D eigenvalue weighted by atomic mass is 15.2. The standard InChI is InChI=1S/C14H25N3/c1-4-17(5-2)11-10-16(3)12-13-6-8-14(15)9-7-13/h6-9H,4-5,10-12,15H2,1-3H3. The fourth-order valence-electron chi connectivity index (χ4n) is 1.87. The highest BCUT2D eigenvalue weighted by molar-refractivity contribution is 5.39. The minimum atomic E-state index is 0.833. The monoisotopic (exact) mass is 235 g/mol. The van der Waals surface area contributed by atoms with E-state index >= 15 is 0 Å². The van der Waals surface area contributed by atoms with Gasteiger partial charge in [0, 0.05) is 25.3 Å². The van der Waals surface area contributed by atoms with Crippen molar-refractivity contribution in [1.82, 2.24) is 9.80 Å². The molecular formula is C14H25N3. The molecule has 0 amide bonds. The summed E-state index contributed by atoms with van der Waals surface area (Å²) >= 11 is 0. The minimum absolute atomic E-state index is 0.833. The van der Waals surface area contributed by atoms with E-state index in [2.05, 4.69) is 42.8 Å². The van der Waals surface area contributed by atoms with Crippen molar-refractivity contribution in [3.8, 4) is 0 Å². The lowest BCUT2D eigenvalue weighted by Gasteiger charge is -2.23. The quantitative estimate of drug-likeness (QED) is 0.734. The third-order valence-electron chi connectivity index (χ3n) is 3.12. The van der Waals surface area contributed by atoms with Crippen molar-refractivity contribution < 1.29 is 0 Å². The molecule has 0 saturated heterocycles. The Morgan fingerprint density at radius 3 is 2.12 bits per heavy atom. The molecule has 0 radical (unpaired) electrons. The summed E-state index contributed by atoms with van der Waals surface area (Å²) in [6, 6.07) is 8.13. The van der Waals surface area contributed by atoms with Crippen LogP contribution in [0.15, 0.2) is 24.3 Å². The fraction of sp³-hybridized carbons (Fsp3) is 0.571. The van der Waals surface area contributed by atoms with Crippen LogP contribution < -0.4 is 5.73 Å². The van der Waals surface area contributed by atoms with Crippen LogP contribution in [0.4, 0.5) is 5.69 Å². The van der Waals surface area contributed by atoms with E-state index in [4.69, 9.17) is 5.73 Å². The van der Waals surface area contributed by atoms with Gasteiger partial charge in [0.2, 0.25) is 0 Å². The molecule has 1 aromatic carbocycles. The summed E-state index contributed by atoms with van der Waals surface area (Å²) in [4.78, 5) is 4.79. The topological polar surface area (TPSA) is 32.5 Å². The van der Waals surface area contributed by atoms with Crippen molar-refractivity contribution in [3.05, 3.63) is 29.8 Å². The van der Waals surface area contributed by atoms with Crippen molar-refractivity contribution >= 4 is 5.69 Å². The van der Waals surface area contributed by atoms with Gasteiger partial charge in [0.1, 0.15) is 0 Å². The van der Waals surface area contributed by atoms with Crippen LogP contribution in [-0.2, 0) is 6.54 Å². The molecule has 0 atom stereocenters. The zero-order chi connectivity index (χ0) is 12.7. The van der Waals surface area contributed by atoms with Crippen molar-refractivity contribution in [1.29, 1.82) is 0 Å². The average molecular weight is 235 g/mol. The lowest BCUT2D eigenvalue weighted by Crippen LogP contribution is -2.32. The molecule has 0 unspecified atom stereocenters. The molecule has 0 spiro atoms. The zero-order valence-corrected chi connectivity index (χ0v) is 11.3. The number of benzene rings is 1. The summed E-state index contributed by atoms with van der Waals surface area (Å²) in [5.41, 5.74) is 7.83. The van der Waals surface area contributed by atoms with Gasteiger partial charge < -0.3 is 15.5 Å². The molecule has 1 rings (SSSR count). The predicted molar refractivity (Wildman–Crippen MR) is 75.0 cm³/mol. The molecule has 2 N–H and O–H groups in total. The lowest BCUT2D eigenvalue weighted by atomic mass is 10.2. The molecule has 0 aliphatic carbocycles. The molecule has 0 bridgehead atoms. The second-order valence-corrected chi connectivity index (χ2v) is 4.51. The Kier molecular flexibility index (Phi) is 6.01. The third-order valence-corrected chi connectivity index (χ3v) is 3.12. The molecule has 96 valence electrons. The van der Waals surface area contributed by atoms with E-state index in [0.29, 0.717) is 0 Å². The van der Waals surface area contributed by atoms with Gasteiger partial charge in [-0.05, 0) is 37.8 Å². The van der Waals surface area contributed by atoms with Gasteiger partial charge >= 0.3 is 0 Å². The first-order valence-corrected chi connectivity index (χ1v) is 6.41. The van der Waals surface area contributed by atoms with Gasteiger partial charge in [-0.1, -0.05) is 26.0 Å². The Bertz CT molecular complexity index is 304.